The number of nitrogens with one attached hydrogen (secondary N) is 1. The van der Waals surface area contributed by atoms with Gasteiger partial charge in [0.05, 0.1) is 37.8 Å². The van der Waals surface area contributed by atoms with Crippen LogP contribution in [0.5, 0.6) is 0 Å². The first-order chi connectivity index (χ1) is 9.72. The fraction of sp³-hybridized carbons (Fsp3) is 0.455. The van der Waals surface area contributed by atoms with E-state index in [2.05, 4.69) is 36.7 Å². The van der Waals surface area contributed by atoms with Gasteiger partial charge in [-0.05, 0) is 15.9 Å². The number of halogens is 1. The summed E-state index contributed by atoms with van der Waals surface area (Å²) in [7, 11) is 1.58. The van der Waals surface area contributed by atoms with Crippen molar-refractivity contribution in [3.05, 3.63) is 33.4 Å². The van der Waals surface area contributed by atoms with E-state index in [1.165, 1.54) is 4.68 Å². The number of methoxy groups -OCH3 is 1. The molecule has 0 spiro atoms. The van der Waals surface area contributed by atoms with Crippen LogP contribution in [0.4, 0.5) is 5.69 Å². The largest absolute Gasteiger partial charge is 0.383 e. The van der Waals surface area contributed by atoms with E-state index < -0.39 is 0 Å². The minimum atomic E-state index is -0.187. The van der Waals surface area contributed by atoms with Crippen molar-refractivity contribution < 1.29 is 4.74 Å². The number of hydrogen-bond donors (Lipinski definition) is 1. The van der Waals surface area contributed by atoms with Gasteiger partial charge in [0.2, 0.25) is 0 Å². The fourth-order valence-electron chi connectivity index (χ4n) is 1.58. The topological polar surface area (TPSA) is 86.9 Å². The Labute approximate surface area is 123 Å². The van der Waals surface area contributed by atoms with E-state index in [-0.39, 0.29) is 5.56 Å². The normalized spacial score (nSPS) is 10.7. The van der Waals surface area contributed by atoms with Gasteiger partial charge in [0.1, 0.15) is 4.47 Å². The van der Waals surface area contributed by atoms with E-state index in [1.807, 2.05) is 0 Å². The highest BCUT2D eigenvalue weighted by Gasteiger charge is 2.08. The third kappa shape index (κ3) is 3.64. The van der Waals surface area contributed by atoms with Crippen molar-refractivity contribution in [3.8, 4) is 0 Å². The van der Waals surface area contributed by atoms with E-state index in [9.17, 15) is 4.79 Å². The molecule has 20 heavy (non-hydrogen) atoms. The van der Waals surface area contributed by atoms with Crippen LogP contribution in [0.15, 0.2) is 27.9 Å². The van der Waals surface area contributed by atoms with Gasteiger partial charge >= 0.3 is 0 Å². The standard InChI is InChI=1S/C11H15BrN6O2/c1-20-7-6-18-11(19)10(12)9(8-15-18)13-2-4-17-5-3-14-16-17/h3,5,8,13H,2,4,6-7H2,1H3. The molecule has 0 fully saturated rings. The molecule has 2 heterocycles. The van der Waals surface area contributed by atoms with Gasteiger partial charge < -0.3 is 10.1 Å². The number of nitrogens with zero attached hydrogens (tertiary/aromatic N) is 5. The van der Waals surface area contributed by atoms with Crippen LogP contribution in [-0.2, 0) is 17.8 Å². The summed E-state index contributed by atoms with van der Waals surface area (Å²) in [6, 6.07) is 0. The van der Waals surface area contributed by atoms with Crippen molar-refractivity contribution in [2.75, 3.05) is 25.6 Å². The van der Waals surface area contributed by atoms with Crippen LogP contribution in [0.1, 0.15) is 0 Å². The van der Waals surface area contributed by atoms with Gasteiger partial charge in [-0.3, -0.25) is 9.48 Å². The summed E-state index contributed by atoms with van der Waals surface area (Å²) in [4.78, 5) is 12.0. The highest BCUT2D eigenvalue weighted by atomic mass is 79.9. The zero-order valence-corrected chi connectivity index (χ0v) is 12.6. The third-order valence-electron chi connectivity index (χ3n) is 2.62. The predicted octanol–water partition coefficient (Wildman–Crippen LogP) is 0.356. The molecule has 2 rings (SSSR count). The van der Waals surface area contributed by atoms with E-state index in [0.717, 1.165) is 0 Å². The summed E-state index contributed by atoms with van der Waals surface area (Å²) >= 11 is 3.29. The van der Waals surface area contributed by atoms with Crippen molar-refractivity contribution in [1.29, 1.82) is 0 Å². The Morgan fingerprint density at radius 2 is 2.30 bits per heavy atom. The molecule has 0 saturated heterocycles. The van der Waals surface area contributed by atoms with Gasteiger partial charge in [0.15, 0.2) is 0 Å². The van der Waals surface area contributed by atoms with E-state index in [0.29, 0.717) is 36.4 Å². The Morgan fingerprint density at radius 1 is 1.45 bits per heavy atom. The smallest absolute Gasteiger partial charge is 0.283 e. The summed E-state index contributed by atoms with van der Waals surface area (Å²) in [5.74, 6) is 0. The molecule has 0 aliphatic heterocycles. The Kier molecular flexibility index (Phi) is 5.24. The number of anilines is 1. The van der Waals surface area contributed by atoms with Crippen LogP contribution in [0, 0.1) is 0 Å². The molecule has 2 aromatic rings. The SMILES string of the molecule is COCCn1ncc(NCCn2ccnn2)c(Br)c1=O. The lowest BCUT2D eigenvalue weighted by atomic mass is 10.4. The quantitative estimate of drug-likeness (QED) is 0.781. The van der Waals surface area contributed by atoms with Crippen molar-refractivity contribution in [1.82, 2.24) is 24.8 Å². The van der Waals surface area contributed by atoms with Gasteiger partial charge in [-0.2, -0.15) is 5.10 Å². The molecule has 1 N–H and O–H groups in total. The molecule has 0 atom stereocenters. The second-order valence-corrected chi connectivity index (χ2v) is 4.78. The van der Waals surface area contributed by atoms with Crippen LogP contribution in [0.3, 0.4) is 0 Å². The van der Waals surface area contributed by atoms with Crippen molar-refractivity contribution in [3.63, 3.8) is 0 Å². The summed E-state index contributed by atoms with van der Waals surface area (Å²) in [6.45, 7) is 2.13. The van der Waals surface area contributed by atoms with E-state index >= 15 is 0 Å². The number of hydrogen-bond acceptors (Lipinski definition) is 6. The van der Waals surface area contributed by atoms with E-state index in [1.54, 1.807) is 30.4 Å². The molecule has 0 radical (unpaired) electrons. The fourth-order valence-corrected chi connectivity index (χ4v) is 2.03. The second kappa shape index (κ2) is 7.15. The highest BCUT2D eigenvalue weighted by Crippen LogP contribution is 2.15. The van der Waals surface area contributed by atoms with Crippen LogP contribution >= 0.6 is 15.9 Å². The molecule has 2 aromatic heterocycles. The first-order valence-corrected chi connectivity index (χ1v) is 6.84. The summed E-state index contributed by atoms with van der Waals surface area (Å²) in [5, 5.41) is 14.8. The van der Waals surface area contributed by atoms with Gasteiger partial charge in [0, 0.05) is 19.9 Å². The van der Waals surface area contributed by atoms with Crippen molar-refractivity contribution in [2.24, 2.45) is 0 Å². The maximum absolute atomic E-state index is 12.0. The van der Waals surface area contributed by atoms with Crippen LogP contribution in [0.2, 0.25) is 0 Å². The Morgan fingerprint density at radius 3 is 3.00 bits per heavy atom. The van der Waals surface area contributed by atoms with Crippen LogP contribution in [-0.4, -0.2) is 45.0 Å². The summed E-state index contributed by atoms with van der Waals surface area (Å²) < 4.78 is 8.45. The zero-order chi connectivity index (χ0) is 14.4. The molecule has 108 valence electrons. The minimum absolute atomic E-state index is 0.187. The van der Waals surface area contributed by atoms with E-state index in [4.69, 9.17) is 4.74 Å². The molecule has 0 aromatic carbocycles. The molecule has 8 nitrogen and oxygen atoms in total. The highest BCUT2D eigenvalue weighted by molar-refractivity contribution is 9.10. The molecule has 0 amide bonds. The number of ether oxygens (including phenoxy) is 1. The van der Waals surface area contributed by atoms with Crippen molar-refractivity contribution in [2.45, 2.75) is 13.1 Å². The van der Waals surface area contributed by atoms with Gasteiger partial charge in [-0.15, -0.1) is 5.10 Å². The molecule has 0 saturated carbocycles. The zero-order valence-electron chi connectivity index (χ0n) is 11.0. The molecule has 9 heteroatoms. The molecular formula is C11H15BrN6O2. The lowest BCUT2D eigenvalue weighted by Gasteiger charge is -2.10. The van der Waals surface area contributed by atoms with Gasteiger partial charge in [-0.1, -0.05) is 5.21 Å². The Bertz CT molecular complexity index is 597. The molecule has 0 bridgehead atoms. The average Bonchev–Trinajstić information content (AvgIpc) is 2.96. The second-order valence-electron chi connectivity index (χ2n) is 3.99. The van der Waals surface area contributed by atoms with Gasteiger partial charge in [-0.25, -0.2) is 4.68 Å². The first kappa shape index (κ1) is 14.7. The minimum Gasteiger partial charge on any atom is -0.383 e. The maximum Gasteiger partial charge on any atom is 0.283 e. The van der Waals surface area contributed by atoms with Crippen LogP contribution in [0.25, 0.3) is 0 Å². The number of aromatic nitrogens is 5. The first-order valence-electron chi connectivity index (χ1n) is 6.05. The molecule has 0 aliphatic rings. The predicted molar refractivity (Wildman–Crippen MR) is 76.6 cm³/mol. The molecule has 0 aliphatic carbocycles. The number of rotatable bonds is 7. The van der Waals surface area contributed by atoms with Crippen LogP contribution < -0.4 is 10.9 Å². The Balaban J connectivity index is 1.98. The molecular weight excluding hydrogens is 328 g/mol. The third-order valence-corrected chi connectivity index (χ3v) is 3.39. The molecule has 0 unspecified atom stereocenters. The van der Waals surface area contributed by atoms with Gasteiger partial charge in [0.25, 0.3) is 5.56 Å². The lowest BCUT2D eigenvalue weighted by molar-refractivity contribution is 0.181. The average molecular weight is 343 g/mol. The summed E-state index contributed by atoms with van der Waals surface area (Å²) in [6.07, 6.45) is 5.01. The summed E-state index contributed by atoms with van der Waals surface area (Å²) in [5.41, 5.74) is 0.469. The van der Waals surface area contributed by atoms with Crippen molar-refractivity contribution >= 4 is 21.6 Å². The Hall–Kier alpha value is -1.74. The monoisotopic (exact) mass is 342 g/mol. The lowest BCUT2D eigenvalue weighted by Crippen LogP contribution is -2.26. The maximum atomic E-state index is 12.0.